The Bertz CT molecular complexity index is 704. The first-order valence-electron chi connectivity index (χ1n) is 8.02. The Morgan fingerprint density at radius 3 is 2.24 bits per heavy atom. The van der Waals surface area contributed by atoms with Gasteiger partial charge in [-0.25, -0.2) is 4.39 Å². The molecule has 0 spiro atoms. The molecule has 132 valence electrons. The highest BCUT2D eigenvalue weighted by Crippen LogP contribution is 2.11. The average Bonchev–Trinajstić information content (AvgIpc) is 2.57. The van der Waals surface area contributed by atoms with E-state index in [1.165, 1.54) is 24.3 Å². The Morgan fingerprint density at radius 1 is 1.00 bits per heavy atom. The quantitative estimate of drug-likeness (QED) is 0.812. The number of likely N-dealkylation sites (N-methyl/N-ethyl adjacent to an activating group) is 1. The van der Waals surface area contributed by atoms with Gasteiger partial charge in [0.2, 0.25) is 11.8 Å². The van der Waals surface area contributed by atoms with Gasteiger partial charge in [-0.05, 0) is 43.8 Å². The zero-order valence-corrected chi connectivity index (χ0v) is 14.3. The molecule has 2 rings (SSSR count). The van der Waals surface area contributed by atoms with Gasteiger partial charge in [0.05, 0.1) is 19.1 Å². The maximum atomic E-state index is 12.8. The topological polar surface area (TPSA) is 61.4 Å². The molecule has 5 nitrogen and oxygen atoms in total. The molecule has 6 heteroatoms. The second-order valence-electron chi connectivity index (χ2n) is 5.93. The fourth-order valence-electron chi connectivity index (χ4n) is 2.39. The molecule has 2 N–H and O–H groups in total. The summed E-state index contributed by atoms with van der Waals surface area (Å²) >= 11 is 0. The van der Waals surface area contributed by atoms with E-state index in [9.17, 15) is 14.0 Å². The molecule has 0 unspecified atom stereocenters. The van der Waals surface area contributed by atoms with Crippen molar-refractivity contribution >= 4 is 17.5 Å². The maximum Gasteiger partial charge on any atom is 0.238 e. The van der Waals surface area contributed by atoms with E-state index in [4.69, 9.17) is 0 Å². The van der Waals surface area contributed by atoms with Crippen LogP contribution in [-0.2, 0) is 9.59 Å². The fourth-order valence-corrected chi connectivity index (χ4v) is 2.39. The van der Waals surface area contributed by atoms with E-state index < -0.39 is 0 Å². The van der Waals surface area contributed by atoms with Gasteiger partial charge in [-0.3, -0.25) is 14.5 Å². The van der Waals surface area contributed by atoms with Crippen molar-refractivity contribution in [2.75, 3.05) is 25.5 Å². The number of anilines is 1. The van der Waals surface area contributed by atoms with Crippen LogP contribution in [0.3, 0.4) is 0 Å². The van der Waals surface area contributed by atoms with Crippen molar-refractivity contribution in [3.8, 4) is 0 Å². The Kier molecular flexibility index (Phi) is 6.65. The van der Waals surface area contributed by atoms with Gasteiger partial charge in [0.15, 0.2) is 0 Å². The molecule has 0 bridgehead atoms. The Hall–Kier alpha value is -2.73. The zero-order chi connectivity index (χ0) is 18.2. The molecule has 0 aliphatic carbocycles. The van der Waals surface area contributed by atoms with Crippen molar-refractivity contribution in [1.29, 1.82) is 0 Å². The second-order valence-corrected chi connectivity index (χ2v) is 5.93. The number of carbonyl (C=O) groups excluding carboxylic acids is 2. The summed E-state index contributed by atoms with van der Waals surface area (Å²) in [5.74, 6) is -0.786. The third-order valence-electron chi connectivity index (χ3n) is 3.63. The number of benzene rings is 2. The van der Waals surface area contributed by atoms with E-state index in [2.05, 4.69) is 10.6 Å². The number of hydrogen-bond acceptors (Lipinski definition) is 3. The van der Waals surface area contributed by atoms with Crippen molar-refractivity contribution in [3.05, 3.63) is 66.0 Å². The van der Waals surface area contributed by atoms with Crippen LogP contribution < -0.4 is 10.6 Å². The summed E-state index contributed by atoms with van der Waals surface area (Å²) in [5, 5.41) is 5.56. The van der Waals surface area contributed by atoms with Crippen molar-refractivity contribution in [2.45, 2.75) is 13.0 Å². The van der Waals surface area contributed by atoms with Crippen LogP contribution in [0.2, 0.25) is 0 Å². The van der Waals surface area contributed by atoms with Gasteiger partial charge in [0.1, 0.15) is 5.82 Å². The highest BCUT2D eigenvalue weighted by Gasteiger charge is 2.13. The van der Waals surface area contributed by atoms with Gasteiger partial charge in [0, 0.05) is 5.69 Å². The van der Waals surface area contributed by atoms with Crippen LogP contribution in [0.1, 0.15) is 18.5 Å². The summed E-state index contributed by atoms with van der Waals surface area (Å²) in [6, 6.07) is 15.1. The average molecular weight is 343 g/mol. The van der Waals surface area contributed by atoms with Crippen LogP contribution in [0.25, 0.3) is 0 Å². The van der Waals surface area contributed by atoms with E-state index >= 15 is 0 Å². The molecular formula is C19H22FN3O2. The standard InChI is InChI=1S/C19H22FN3O2/c1-14(15-6-4-3-5-7-15)21-18(24)12-23(2)13-19(25)22-17-10-8-16(20)9-11-17/h3-11,14H,12-13H2,1-2H3,(H,21,24)(H,22,25)/t14-/m0/s1. The predicted molar refractivity (Wildman–Crippen MR) is 95.5 cm³/mol. The van der Waals surface area contributed by atoms with Crippen LogP contribution in [0.5, 0.6) is 0 Å². The summed E-state index contributed by atoms with van der Waals surface area (Å²) in [5.41, 5.74) is 1.54. The van der Waals surface area contributed by atoms with E-state index in [1.807, 2.05) is 37.3 Å². The predicted octanol–water partition coefficient (Wildman–Crippen LogP) is 2.57. The Morgan fingerprint density at radius 2 is 1.60 bits per heavy atom. The molecule has 0 radical (unpaired) electrons. The van der Waals surface area contributed by atoms with Crippen LogP contribution in [-0.4, -0.2) is 36.9 Å². The van der Waals surface area contributed by atoms with E-state index in [0.717, 1.165) is 5.56 Å². The minimum absolute atomic E-state index is 0.0600. The first-order chi connectivity index (χ1) is 11.9. The summed E-state index contributed by atoms with van der Waals surface area (Å²) in [7, 11) is 1.69. The van der Waals surface area contributed by atoms with Gasteiger partial charge >= 0.3 is 0 Å². The molecule has 0 heterocycles. The van der Waals surface area contributed by atoms with E-state index in [-0.39, 0.29) is 36.8 Å². The van der Waals surface area contributed by atoms with E-state index in [1.54, 1.807) is 11.9 Å². The third-order valence-corrected chi connectivity index (χ3v) is 3.63. The molecule has 2 amide bonds. The summed E-state index contributed by atoms with van der Waals surface area (Å²) in [6.45, 7) is 2.08. The highest BCUT2D eigenvalue weighted by molar-refractivity contribution is 5.92. The lowest BCUT2D eigenvalue weighted by atomic mass is 10.1. The molecule has 2 aromatic rings. The minimum atomic E-state index is -0.362. The third kappa shape index (κ3) is 6.35. The van der Waals surface area contributed by atoms with Gasteiger partial charge in [-0.1, -0.05) is 30.3 Å². The molecule has 25 heavy (non-hydrogen) atoms. The monoisotopic (exact) mass is 343 g/mol. The lowest BCUT2D eigenvalue weighted by molar-refractivity contribution is -0.123. The maximum absolute atomic E-state index is 12.8. The first-order valence-corrected chi connectivity index (χ1v) is 8.02. The molecule has 0 aliphatic heterocycles. The van der Waals surface area contributed by atoms with Crippen LogP contribution >= 0.6 is 0 Å². The number of nitrogens with zero attached hydrogens (tertiary/aromatic N) is 1. The number of carbonyl (C=O) groups is 2. The highest BCUT2D eigenvalue weighted by atomic mass is 19.1. The van der Waals surface area contributed by atoms with Crippen LogP contribution in [0.4, 0.5) is 10.1 Å². The molecule has 1 atom stereocenters. The van der Waals surface area contributed by atoms with Crippen molar-refractivity contribution in [1.82, 2.24) is 10.2 Å². The number of nitrogens with one attached hydrogen (secondary N) is 2. The van der Waals surface area contributed by atoms with Gasteiger partial charge < -0.3 is 10.6 Å². The number of rotatable bonds is 7. The molecule has 0 aromatic heterocycles. The molecule has 0 aliphatic rings. The van der Waals surface area contributed by atoms with Crippen LogP contribution in [0.15, 0.2) is 54.6 Å². The second kappa shape index (κ2) is 8.94. The normalized spacial score (nSPS) is 11.8. The fraction of sp³-hybridized carbons (Fsp3) is 0.263. The summed E-state index contributed by atoms with van der Waals surface area (Å²) in [6.07, 6.45) is 0. The lowest BCUT2D eigenvalue weighted by Crippen LogP contribution is -2.39. The molecule has 0 saturated carbocycles. The Labute approximate surface area is 146 Å². The van der Waals surface area contributed by atoms with Gasteiger partial charge in [-0.2, -0.15) is 0 Å². The smallest absolute Gasteiger partial charge is 0.238 e. The van der Waals surface area contributed by atoms with Crippen molar-refractivity contribution in [2.24, 2.45) is 0 Å². The SMILES string of the molecule is C[C@H](NC(=O)CN(C)CC(=O)Nc1ccc(F)cc1)c1ccccc1. The lowest BCUT2D eigenvalue weighted by Gasteiger charge is -2.19. The van der Waals surface area contributed by atoms with Crippen LogP contribution in [0, 0.1) is 5.82 Å². The summed E-state index contributed by atoms with van der Waals surface area (Å²) < 4.78 is 12.8. The first kappa shape index (κ1) is 18.6. The number of hydrogen-bond donors (Lipinski definition) is 2. The van der Waals surface area contributed by atoms with Gasteiger partial charge in [0.25, 0.3) is 0 Å². The van der Waals surface area contributed by atoms with E-state index in [0.29, 0.717) is 5.69 Å². The largest absolute Gasteiger partial charge is 0.348 e. The zero-order valence-electron chi connectivity index (χ0n) is 14.3. The van der Waals surface area contributed by atoms with Crippen molar-refractivity contribution < 1.29 is 14.0 Å². The molecule has 2 aromatic carbocycles. The molecular weight excluding hydrogens is 321 g/mol. The Balaban J connectivity index is 1.76. The molecule has 0 saturated heterocycles. The minimum Gasteiger partial charge on any atom is -0.348 e. The summed E-state index contributed by atoms with van der Waals surface area (Å²) in [4.78, 5) is 25.7. The number of amides is 2. The van der Waals surface area contributed by atoms with Gasteiger partial charge in [-0.15, -0.1) is 0 Å². The number of halogens is 1. The van der Waals surface area contributed by atoms with Crippen molar-refractivity contribution in [3.63, 3.8) is 0 Å². The molecule has 0 fully saturated rings.